The number of fused-ring (bicyclic) bond motifs is 1. The summed E-state index contributed by atoms with van der Waals surface area (Å²) >= 11 is 0. The molecule has 8 nitrogen and oxygen atoms in total. The summed E-state index contributed by atoms with van der Waals surface area (Å²) in [4.78, 5) is 26.2. The topological polar surface area (TPSA) is 86.3 Å². The summed E-state index contributed by atoms with van der Waals surface area (Å²) in [6.45, 7) is 1.92. The highest BCUT2D eigenvalue weighted by Gasteiger charge is 2.25. The van der Waals surface area contributed by atoms with Crippen LogP contribution in [0.2, 0.25) is 0 Å². The predicted molar refractivity (Wildman–Crippen MR) is 118 cm³/mol. The molecule has 2 aromatic rings. The minimum absolute atomic E-state index is 0.0142. The van der Waals surface area contributed by atoms with Crippen LogP contribution in [0.1, 0.15) is 24.8 Å². The van der Waals surface area contributed by atoms with Crippen molar-refractivity contribution in [3.8, 4) is 17.2 Å². The van der Waals surface area contributed by atoms with Gasteiger partial charge >= 0.3 is 0 Å². The number of para-hydroxylation sites is 2. The molecule has 1 N–H and O–H groups in total. The Labute approximate surface area is 187 Å². The monoisotopic (exact) mass is 440 g/mol. The molecule has 4 rings (SSSR count). The van der Waals surface area contributed by atoms with Crippen molar-refractivity contribution < 1.29 is 28.5 Å². The number of nitrogens with zero attached hydrogens (tertiary/aromatic N) is 1. The van der Waals surface area contributed by atoms with Crippen LogP contribution in [0, 0.1) is 0 Å². The van der Waals surface area contributed by atoms with Crippen molar-refractivity contribution >= 4 is 17.5 Å². The lowest BCUT2D eigenvalue weighted by molar-refractivity contribution is -0.122. The second kappa shape index (κ2) is 10.4. The van der Waals surface area contributed by atoms with Gasteiger partial charge in [0.15, 0.2) is 18.1 Å². The first kappa shape index (κ1) is 22.0. The quantitative estimate of drug-likeness (QED) is 0.645. The van der Waals surface area contributed by atoms with E-state index in [-0.39, 0.29) is 30.9 Å². The number of ether oxygens (including phenoxy) is 4. The summed E-state index contributed by atoms with van der Waals surface area (Å²) in [6.07, 6.45) is 2.40. The van der Waals surface area contributed by atoms with Crippen LogP contribution in [0.25, 0.3) is 0 Å². The SMILES string of the molecule is COc1cc(CNC(=O)CCN2C(=O)COc3ccccc32)ccc1OCC1CCCO1. The maximum atomic E-state index is 12.4. The van der Waals surface area contributed by atoms with Gasteiger partial charge in [-0.15, -0.1) is 0 Å². The fourth-order valence-electron chi connectivity index (χ4n) is 3.80. The van der Waals surface area contributed by atoms with Crippen LogP contribution in [-0.4, -0.2) is 51.4 Å². The lowest BCUT2D eigenvalue weighted by atomic mass is 10.2. The zero-order chi connectivity index (χ0) is 22.3. The second-order valence-electron chi connectivity index (χ2n) is 7.76. The smallest absolute Gasteiger partial charge is 0.265 e. The van der Waals surface area contributed by atoms with Crippen molar-refractivity contribution in [2.24, 2.45) is 0 Å². The molecule has 1 saturated heterocycles. The molecule has 1 atom stereocenters. The molecule has 0 saturated carbocycles. The molecule has 0 bridgehead atoms. The van der Waals surface area contributed by atoms with Crippen LogP contribution >= 0.6 is 0 Å². The van der Waals surface area contributed by atoms with E-state index < -0.39 is 0 Å². The number of benzene rings is 2. The molecule has 0 aliphatic carbocycles. The van der Waals surface area contributed by atoms with Gasteiger partial charge in [0.05, 0.1) is 18.9 Å². The van der Waals surface area contributed by atoms with Gasteiger partial charge in [-0.1, -0.05) is 18.2 Å². The van der Waals surface area contributed by atoms with Crippen LogP contribution in [0.3, 0.4) is 0 Å². The summed E-state index contributed by atoms with van der Waals surface area (Å²) < 4.78 is 22.3. The Morgan fingerprint density at radius 1 is 1.22 bits per heavy atom. The van der Waals surface area contributed by atoms with Crippen molar-refractivity contribution in [3.63, 3.8) is 0 Å². The van der Waals surface area contributed by atoms with E-state index >= 15 is 0 Å². The van der Waals surface area contributed by atoms with Crippen molar-refractivity contribution in [2.75, 3.05) is 38.4 Å². The van der Waals surface area contributed by atoms with E-state index in [0.29, 0.717) is 42.6 Å². The largest absolute Gasteiger partial charge is 0.493 e. The Bertz CT molecular complexity index is 957. The van der Waals surface area contributed by atoms with Crippen molar-refractivity contribution in [1.82, 2.24) is 5.32 Å². The molecule has 170 valence electrons. The van der Waals surface area contributed by atoms with Crippen molar-refractivity contribution in [3.05, 3.63) is 48.0 Å². The summed E-state index contributed by atoms with van der Waals surface area (Å²) in [5.41, 5.74) is 1.59. The number of carbonyl (C=O) groups is 2. The van der Waals surface area contributed by atoms with Gasteiger partial charge in [-0.3, -0.25) is 9.59 Å². The molecular formula is C24H28N2O6. The predicted octanol–water partition coefficient (Wildman–Crippen LogP) is 2.68. The number of hydrogen-bond acceptors (Lipinski definition) is 6. The van der Waals surface area contributed by atoms with E-state index in [1.807, 2.05) is 42.5 Å². The van der Waals surface area contributed by atoms with Gasteiger partial charge in [0.25, 0.3) is 5.91 Å². The molecule has 1 unspecified atom stereocenters. The summed E-state index contributed by atoms with van der Waals surface area (Å²) in [7, 11) is 1.59. The van der Waals surface area contributed by atoms with Crippen LogP contribution in [0.5, 0.6) is 17.2 Å². The Kier molecular flexibility index (Phi) is 7.11. The average Bonchev–Trinajstić information content (AvgIpc) is 3.34. The molecule has 2 aliphatic rings. The maximum Gasteiger partial charge on any atom is 0.265 e. The summed E-state index contributed by atoms with van der Waals surface area (Å²) in [6, 6.07) is 12.9. The highest BCUT2D eigenvalue weighted by Crippen LogP contribution is 2.31. The standard InChI is InChI=1S/C24H28N2O6/c1-29-22-13-17(8-9-21(22)31-15-18-5-4-12-30-18)14-25-23(27)10-11-26-19-6-2-3-7-20(19)32-16-24(26)28/h2-3,6-9,13,18H,4-5,10-12,14-16H2,1H3,(H,25,27). The van der Waals surface area contributed by atoms with E-state index in [1.54, 1.807) is 12.0 Å². The summed E-state index contributed by atoms with van der Waals surface area (Å²) in [5.74, 6) is 1.63. The minimum Gasteiger partial charge on any atom is -0.493 e. The Balaban J connectivity index is 1.28. The van der Waals surface area contributed by atoms with Crippen LogP contribution in [-0.2, 0) is 20.9 Å². The molecule has 2 heterocycles. The highest BCUT2D eigenvalue weighted by molar-refractivity contribution is 5.98. The zero-order valence-corrected chi connectivity index (χ0v) is 18.2. The van der Waals surface area contributed by atoms with E-state index in [2.05, 4.69) is 5.32 Å². The number of carbonyl (C=O) groups excluding carboxylic acids is 2. The molecule has 32 heavy (non-hydrogen) atoms. The van der Waals surface area contributed by atoms with Crippen LogP contribution in [0.4, 0.5) is 5.69 Å². The van der Waals surface area contributed by atoms with E-state index in [9.17, 15) is 9.59 Å². The third kappa shape index (κ3) is 5.31. The van der Waals surface area contributed by atoms with Gasteiger partial charge in [-0.25, -0.2) is 0 Å². The Hall–Kier alpha value is -3.26. The minimum atomic E-state index is -0.153. The molecular weight excluding hydrogens is 412 g/mol. The molecule has 2 aromatic carbocycles. The molecule has 0 aromatic heterocycles. The Morgan fingerprint density at radius 3 is 2.91 bits per heavy atom. The molecule has 1 fully saturated rings. The number of methoxy groups -OCH3 is 1. The average molecular weight is 440 g/mol. The number of amides is 2. The number of nitrogens with one attached hydrogen (secondary N) is 1. The molecule has 8 heteroatoms. The highest BCUT2D eigenvalue weighted by atomic mass is 16.5. The first-order valence-corrected chi connectivity index (χ1v) is 10.8. The summed E-state index contributed by atoms with van der Waals surface area (Å²) in [5, 5.41) is 2.90. The van der Waals surface area contributed by atoms with Gasteiger partial charge in [-0.05, 0) is 42.7 Å². The molecule has 2 amide bonds. The van der Waals surface area contributed by atoms with Gasteiger partial charge < -0.3 is 29.2 Å². The maximum absolute atomic E-state index is 12.4. The zero-order valence-electron chi connectivity index (χ0n) is 18.2. The van der Waals surface area contributed by atoms with Gasteiger partial charge in [0.2, 0.25) is 5.91 Å². The van der Waals surface area contributed by atoms with Gasteiger partial charge in [0, 0.05) is 26.1 Å². The molecule has 0 spiro atoms. The fourth-order valence-corrected chi connectivity index (χ4v) is 3.80. The number of hydrogen-bond donors (Lipinski definition) is 1. The lowest BCUT2D eigenvalue weighted by Gasteiger charge is -2.29. The first-order valence-electron chi connectivity index (χ1n) is 10.8. The van der Waals surface area contributed by atoms with E-state index in [0.717, 1.165) is 25.0 Å². The molecule has 0 radical (unpaired) electrons. The van der Waals surface area contributed by atoms with Gasteiger partial charge in [-0.2, -0.15) is 0 Å². The normalized spacial score (nSPS) is 17.5. The first-order chi connectivity index (χ1) is 15.6. The number of anilines is 1. The van der Waals surface area contributed by atoms with E-state index in [1.165, 1.54) is 0 Å². The second-order valence-corrected chi connectivity index (χ2v) is 7.76. The van der Waals surface area contributed by atoms with Crippen LogP contribution in [0.15, 0.2) is 42.5 Å². The third-order valence-electron chi connectivity index (χ3n) is 5.54. The van der Waals surface area contributed by atoms with Crippen molar-refractivity contribution in [1.29, 1.82) is 0 Å². The fraction of sp³-hybridized carbons (Fsp3) is 0.417. The third-order valence-corrected chi connectivity index (χ3v) is 5.54. The molecule has 2 aliphatic heterocycles. The lowest BCUT2D eigenvalue weighted by Crippen LogP contribution is -2.41. The van der Waals surface area contributed by atoms with Crippen molar-refractivity contribution in [2.45, 2.75) is 31.9 Å². The van der Waals surface area contributed by atoms with Crippen LogP contribution < -0.4 is 24.4 Å². The van der Waals surface area contributed by atoms with Gasteiger partial charge in [0.1, 0.15) is 12.4 Å². The Morgan fingerprint density at radius 2 is 2.09 bits per heavy atom. The van der Waals surface area contributed by atoms with E-state index in [4.69, 9.17) is 18.9 Å². The number of rotatable bonds is 9.